The second kappa shape index (κ2) is 7.62. The van der Waals surface area contributed by atoms with Gasteiger partial charge < -0.3 is 15.4 Å². The molecule has 6 heteroatoms. The Morgan fingerprint density at radius 3 is 2.85 bits per heavy atom. The first kappa shape index (κ1) is 14.5. The van der Waals surface area contributed by atoms with Crippen LogP contribution in [0.15, 0.2) is 42.6 Å². The molecule has 0 aliphatic carbocycles. The van der Waals surface area contributed by atoms with Gasteiger partial charge in [-0.05, 0) is 17.8 Å². The van der Waals surface area contributed by atoms with Gasteiger partial charge in [-0.2, -0.15) is 5.10 Å². The van der Waals surface area contributed by atoms with Crippen LogP contribution >= 0.6 is 12.2 Å². The molecule has 106 valence electrons. The van der Waals surface area contributed by atoms with Crippen molar-refractivity contribution in [1.82, 2.24) is 15.1 Å². The lowest BCUT2D eigenvalue weighted by Gasteiger charge is -2.07. The average molecular weight is 290 g/mol. The Morgan fingerprint density at radius 1 is 1.30 bits per heavy atom. The van der Waals surface area contributed by atoms with Gasteiger partial charge >= 0.3 is 0 Å². The summed E-state index contributed by atoms with van der Waals surface area (Å²) in [6.07, 6.45) is 1.92. The lowest BCUT2D eigenvalue weighted by atomic mass is 10.2. The lowest BCUT2D eigenvalue weighted by molar-refractivity contribution is 0.204. The topological polar surface area (TPSA) is 51.1 Å². The Labute approximate surface area is 123 Å². The molecule has 0 atom stereocenters. The van der Waals surface area contributed by atoms with Gasteiger partial charge in [0.2, 0.25) is 0 Å². The van der Waals surface area contributed by atoms with E-state index in [9.17, 15) is 0 Å². The Balaban J connectivity index is 1.84. The summed E-state index contributed by atoms with van der Waals surface area (Å²) in [7, 11) is 1.66. The lowest BCUT2D eigenvalue weighted by Crippen LogP contribution is -2.31. The van der Waals surface area contributed by atoms with Crippen molar-refractivity contribution in [3.8, 4) is 0 Å². The van der Waals surface area contributed by atoms with E-state index < -0.39 is 0 Å². The predicted octanol–water partition coefficient (Wildman–Crippen LogP) is 1.86. The first-order valence-corrected chi connectivity index (χ1v) is 6.80. The second-order valence-corrected chi connectivity index (χ2v) is 4.67. The molecule has 0 radical (unpaired) electrons. The normalized spacial score (nSPS) is 10.2. The Morgan fingerprint density at radius 2 is 2.10 bits per heavy atom. The van der Waals surface area contributed by atoms with Crippen LogP contribution in [0.25, 0.3) is 0 Å². The van der Waals surface area contributed by atoms with E-state index in [1.807, 2.05) is 35.1 Å². The van der Waals surface area contributed by atoms with Crippen LogP contribution in [0.5, 0.6) is 0 Å². The van der Waals surface area contributed by atoms with E-state index in [0.29, 0.717) is 18.3 Å². The van der Waals surface area contributed by atoms with Gasteiger partial charge in [-0.25, -0.2) is 0 Å². The number of anilines is 1. The highest BCUT2D eigenvalue weighted by atomic mass is 32.1. The molecule has 20 heavy (non-hydrogen) atoms. The van der Waals surface area contributed by atoms with Gasteiger partial charge in [0.05, 0.1) is 13.2 Å². The van der Waals surface area contributed by atoms with Crippen molar-refractivity contribution < 1.29 is 4.74 Å². The van der Waals surface area contributed by atoms with Crippen molar-refractivity contribution >= 4 is 23.1 Å². The maximum Gasteiger partial charge on any atom is 0.172 e. The standard InChI is InChI=1S/C14H18N4OS/c1-19-10-8-15-14(20)16-13-7-9-18(17-13)11-12-5-3-2-4-6-12/h2-7,9H,8,10-11H2,1H3,(H2,15,16,17,20). The molecule has 0 fully saturated rings. The highest BCUT2D eigenvalue weighted by Gasteiger charge is 2.02. The minimum absolute atomic E-state index is 0.548. The number of methoxy groups -OCH3 is 1. The van der Waals surface area contributed by atoms with Crippen LogP contribution in [0.1, 0.15) is 5.56 Å². The summed E-state index contributed by atoms with van der Waals surface area (Å²) in [6, 6.07) is 12.1. The van der Waals surface area contributed by atoms with Crippen LogP contribution in [0, 0.1) is 0 Å². The monoisotopic (exact) mass is 290 g/mol. The molecule has 5 nitrogen and oxygen atoms in total. The molecule has 2 rings (SSSR count). The summed E-state index contributed by atoms with van der Waals surface area (Å²) >= 11 is 5.16. The Bertz CT molecular complexity index is 541. The Hall–Kier alpha value is -1.92. The molecule has 0 aliphatic rings. The number of hydrogen-bond acceptors (Lipinski definition) is 3. The number of nitrogens with one attached hydrogen (secondary N) is 2. The van der Waals surface area contributed by atoms with Crippen LogP contribution in [0.2, 0.25) is 0 Å². The maximum atomic E-state index is 5.16. The van der Waals surface area contributed by atoms with Crippen molar-refractivity contribution in [2.45, 2.75) is 6.54 Å². The molecule has 0 amide bonds. The van der Waals surface area contributed by atoms with E-state index in [1.165, 1.54) is 5.56 Å². The molecule has 0 bridgehead atoms. The zero-order valence-electron chi connectivity index (χ0n) is 11.4. The van der Waals surface area contributed by atoms with Gasteiger partial charge in [-0.3, -0.25) is 4.68 Å². The zero-order chi connectivity index (χ0) is 14.2. The number of hydrogen-bond donors (Lipinski definition) is 2. The van der Waals surface area contributed by atoms with Crippen LogP contribution in [-0.2, 0) is 11.3 Å². The van der Waals surface area contributed by atoms with Crippen LogP contribution in [0.4, 0.5) is 5.82 Å². The quantitative estimate of drug-likeness (QED) is 0.628. The van der Waals surface area contributed by atoms with E-state index in [2.05, 4.69) is 27.9 Å². The minimum atomic E-state index is 0.548. The van der Waals surface area contributed by atoms with Crippen LogP contribution in [-0.4, -0.2) is 35.2 Å². The fraction of sp³-hybridized carbons (Fsp3) is 0.286. The largest absolute Gasteiger partial charge is 0.383 e. The third-order valence-corrected chi connectivity index (χ3v) is 2.91. The molecular weight excluding hydrogens is 272 g/mol. The van der Waals surface area contributed by atoms with Crippen LogP contribution < -0.4 is 10.6 Å². The summed E-state index contributed by atoms with van der Waals surface area (Å²) in [4.78, 5) is 0. The van der Waals surface area contributed by atoms with Crippen molar-refractivity contribution in [2.24, 2.45) is 0 Å². The summed E-state index contributed by atoms with van der Waals surface area (Å²) in [6.45, 7) is 2.03. The van der Waals surface area contributed by atoms with Gasteiger partial charge in [-0.1, -0.05) is 30.3 Å². The molecule has 2 aromatic rings. The molecule has 0 unspecified atom stereocenters. The maximum absolute atomic E-state index is 5.16. The molecule has 0 aliphatic heterocycles. The van der Waals surface area contributed by atoms with Gasteiger partial charge in [0.25, 0.3) is 0 Å². The molecule has 1 heterocycles. The fourth-order valence-electron chi connectivity index (χ4n) is 1.71. The number of aromatic nitrogens is 2. The SMILES string of the molecule is COCCNC(=S)Nc1ccn(Cc2ccccc2)n1. The van der Waals surface area contributed by atoms with E-state index in [4.69, 9.17) is 17.0 Å². The van der Waals surface area contributed by atoms with Crippen molar-refractivity contribution in [3.63, 3.8) is 0 Å². The number of thiocarbonyl (C=S) groups is 1. The molecule has 0 spiro atoms. The highest BCUT2D eigenvalue weighted by Crippen LogP contribution is 2.06. The van der Waals surface area contributed by atoms with Crippen molar-refractivity contribution in [2.75, 3.05) is 25.6 Å². The number of nitrogens with zero attached hydrogens (tertiary/aromatic N) is 2. The summed E-state index contributed by atoms with van der Waals surface area (Å²) in [5, 5.41) is 11.0. The van der Waals surface area contributed by atoms with Crippen molar-refractivity contribution in [3.05, 3.63) is 48.2 Å². The summed E-state index contributed by atoms with van der Waals surface area (Å²) in [5.74, 6) is 0.732. The molecule has 2 N–H and O–H groups in total. The van der Waals surface area contributed by atoms with Gasteiger partial charge in [0, 0.05) is 25.9 Å². The highest BCUT2D eigenvalue weighted by molar-refractivity contribution is 7.80. The number of benzene rings is 1. The second-order valence-electron chi connectivity index (χ2n) is 4.26. The number of rotatable bonds is 6. The Kier molecular flexibility index (Phi) is 5.52. The minimum Gasteiger partial charge on any atom is -0.383 e. The third-order valence-electron chi connectivity index (χ3n) is 2.66. The van der Waals surface area contributed by atoms with Gasteiger partial charge in [-0.15, -0.1) is 0 Å². The molecular formula is C14H18N4OS. The molecule has 1 aromatic carbocycles. The summed E-state index contributed by atoms with van der Waals surface area (Å²) < 4.78 is 6.81. The van der Waals surface area contributed by atoms with Gasteiger partial charge in [0.1, 0.15) is 0 Å². The van der Waals surface area contributed by atoms with Gasteiger partial charge in [0.15, 0.2) is 10.9 Å². The third kappa shape index (κ3) is 4.64. The van der Waals surface area contributed by atoms with E-state index >= 15 is 0 Å². The molecule has 0 saturated heterocycles. The average Bonchev–Trinajstić information content (AvgIpc) is 2.87. The van der Waals surface area contributed by atoms with Crippen molar-refractivity contribution in [1.29, 1.82) is 0 Å². The predicted molar refractivity (Wildman–Crippen MR) is 83.9 cm³/mol. The van der Waals surface area contributed by atoms with E-state index in [1.54, 1.807) is 7.11 Å². The molecule has 0 saturated carbocycles. The van der Waals surface area contributed by atoms with E-state index in [0.717, 1.165) is 12.4 Å². The zero-order valence-corrected chi connectivity index (χ0v) is 12.2. The first-order valence-electron chi connectivity index (χ1n) is 6.39. The van der Waals surface area contributed by atoms with Crippen LogP contribution in [0.3, 0.4) is 0 Å². The van der Waals surface area contributed by atoms with E-state index in [-0.39, 0.29) is 0 Å². The molecule has 1 aromatic heterocycles. The smallest absolute Gasteiger partial charge is 0.172 e. The number of ether oxygens (including phenoxy) is 1. The first-order chi connectivity index (χ1) is 9.78. The fourth-order valence-corrected chi connectivity index (χ4v) is 1.92. The summed E-state index contributed by atoms with van der Waals surface area (Å²) in [5.41, 5.74) is 1.21.